The van der Waals surface area contributed by atoms with Gasteiger partial charge in [0.15, 0.2) is 5.76 Å². The van der Waals surface area contributed by atoms with E-state index in [0.717, 1.165) is 17.0 Å². The summed E-state index contributed by atoms with van der Waals surface area (Å²) in [5.74, 6) is 0.708. The lowest BCUT2D eigenvalue weighted by Crippen LogP contribution is -2.10. The summed E-state index contributed by atoms with van der Waals surface area (Å²) in [4.78, 5) is 19.5. The molecule has 0 aliphatic heterocycles. The first-order valence-electron chi connectivity index (χ1n) is 8.61. The highest BCUT2D eigenvalue weighted by Crippen LogP contribution is 2.36. The molecule has 0 atom stereocenters. The molecular weight excluding hydrogens is 384 g/mol. The van der Waals surface area contributed by atoms with Crippen molar-refractivity contribution in [1.82, 2.24) is 9.88 Å². The molecule has 0 aliphatic rings. The first-order chi connectivity index (χ1) is 13.0. The Morgan fingerprint density at radius 2 is 1.96 bits per heavy atom. The van der Waals surface area contributed by atoms with Gasteiger partial charge in [0.25, 0.3) is 0 Å². The molecule has 142 valence electrons. The molecule has 0 saturated heterocycles. The lowest BCUT2D eigenvalue weighted by Gasteiger charge is -2.09. The predicted molar refractivity (Wildman–Crippen MR) is 108 cm³/mol. The largest absolute Gasteiger partial charge is 0.466 e. The summed E-state index contributed by atoms with van der Waals surface area (Å²) in [6, 6.07) is 11.7. The van der Waals surface area contributed by atoms with Crippen LogP contribution >= 0.6 is 22.9 Å². The highest BCUT2D eigenvalue weighted by Gasteiger charge is 2.20. The van der Waals surface area contributed by atoms with Crippen LogP contribution in [0, 0.1) is 0 Å². The average molecular weight is 405 g/mol. The third kappa shape index (κ3) is 4.97. The smallest absolute Gasteiger partial charge is 0.312 e. The molecule has 0 aliphatic carbocycles. The van der Waals surface area contributed by atoms with E-state index in [1.807, 2.05) is 44.4 Å². The summed E-state index contributed by atoms with van der Waals surface area (Å²) >= 11 is 7.45. The summed E-state index contributed by atoms with van der Waals surface area (Å²) in [5, 5.41) is 0. The summed E-state index contributed by atoms with van der Waals surface area (Å²) in [6.45, 7) is 2.97. The highest BCUT2D eigenvalue weighted by molar-refractivity contribution is 7.19. The Labute approximate surface area is 167 Å². The number of oxazole rings is 1. The van der Waals surface area contributed by atoms with Gasteiger partial charge in [-0.1, -0.05) is 23.7 Å². The summed E-state index contributed by atoms with van der Waals surface area (Å²) in [6.07, 6.45) is 0.0565. The van der Waals surface area contributed by atoms with E-state index >= 15 is 0 Å². The van der Waals surface area contributed by atoms with Crippen LogP contribution in [-0.4, -0.2) is 36.6 Å². The normalized spacial score (nSPS) is 11.1. The van der Waals surface area contributed by atoms with E-state index in [1.165, 1.54) is 16.9 Å². The van der Waals surface area contributed by atoms with Crippen LogP contribution in [0.4, 0.5) is 0 Å². The molecule has 1 aromatic carbocycles. The number of aromatic nitrogens is 1. The van der Waals surface area contributed by atoms with Gasteiger partial charge in [0.05, 0.1) is 27.9 Å². The van der Waals surface area contributed by atoms with Gasteiger partial charge < -0.3 is 14.1 Å². The number of hydrogen-bond donors (Lipinski definition) is 0. The maximum atomic E-state index is 12.0. The standard InChI is InChI=1S/C20H21ClN2O3S/c1-4-25-18(24)11-15-19(16-9-10-17(21)27-16)26-20(22-15)14-7-5-13(6-8-14)12-23(2)3/h5-10H,4,11-12H2,1-3H3. The molecule has 3 aromatic rings. The van der Waals surface area contributed by atoms with Crippen molar-refractivity contribution in [3.63, 3.8) is 0 Å². The number of nitrogens with zero attached hydrogens (tertiary/aromatic N) is 2. The third-order valence-corrected chi connectivity index (χ3v) is 5.04. The molecular formula is C20H21ClN2O3S. The minimum atomic E-state index is -0.331. The van der Waals surface area contributed by atoms with Crippen molar-refractivity contribution in [2.45, 2.75) is 19.9 Å². The van der Waals surface area contributed by atoms with Crippen molar-refractivity contribution in [2.75, 3.05) is 20.7 Å². The zero-order valence-corrected chi connectivity index (χ0v) is 17.1. The maximum absolute atomic E-state index is 12.0. The quantitative estimate of drug-likeness (QED) is 0.525. The van der Waals surface area contributed by atoms with Crippen LogP contribution in [-0.2, 0) is 22.5 Å². The number of carbonyl (C=O) groups excluding carboxylic acids is 1. The molecule has 0 radical (unpaired) electrons. The van der Waals surface area contributed by atoms with Crippen LogP contribution < -0.4 is 0 Å². The molecule has 0 unspecified atom stereocenters. The molecule has 2 aromatic heterocycles. The van der Waals surface area contributed by atoms with E-state index in [-0.39, 0.29) is 12.4 Å². The molecule has 0 N–H and O–H groups in total. The van der Waals surface area contributed by atoms with Gasteiger partial charge in [-0.15, -0.1) is 11.3 Å². The van der Waals surface area contributed by atoms with Gasteiger partial charge in [0.2, 0.25) is 5.89 Å². The van der Waals surface area contributed by atoms with Crippen molar-refractivity contribution >= 4 is 28.9 Å². The highest BCUT2D eigenvalue weighted by atomic mass is 35.5. The zero-order chi connectivity index (χ0) is 19.4. The van der Waals surface area contributed by atoms with E-state index in [2.05, 4.69) is 9.88 Å². The molecule has 0 spiro atoms. The number of halogens is 1. The molecule has 2 heterocycles. The molecule has 5 nitrogen and oxygen atoms in total. The second kappa shape index (κ2) is 8.69. The van der Waals surface area contributed by atoms with Gasteiger partial charge in [-0.05, 0) is 50.8 Å². The SMILES string of the molecule is CCOC(=O)Cc1nc(-c2ccc(CN(C)C)cc2)oc1-c1ccc(Cl)s1. The number of esters is 1. The molecule has 0 bridgehead atoms. The fraction of sp³-hybridized carbons (Fsp3) is 0.300. The molecule has 0 fully saturated rings. The fourth-order valence-electron chi connectivity index (χ4n) is 2.69. The van der Waals surface area contributed by atoms with Crippen LogP contribution in [0.15, 0.2) is 40.8 Å². The first kappa shape index (κ1) is 19.6. The maximum Gasteiger partial charge on any atom is 0.312 e. The van der Waals surface area contributed by atoms with Crippen LogP contribution in [0.5, 0.6) is 0 Å². The average Bonchev–Trinajstić information content (AvgIpc) is 3.21. The van der Waals surface area contributed by atoms with Crippen LogP contribution in [0.1, 0.15) is 18.2 Å². The number of benzene rings is 1. The van der Waals surface area contributed by atoms with Crippen molar-refractivity contribution in [2.24, 2.45) is 0 Å². The van der Waals surface area contributed by atoms with E-state index in [9.17, 15) is 4.79 Å². The lowest BCUT2D eigenvalue weighted by atomic mass is 10.1. The van der Waals surface area contributed by atoms with Gasteiger partial charge in [0.1, 0.15) is 0 Å². The minimum absolute atomic E-state index is 0.0565. The van der Waals surface area contributed by atoms with E-state index in [4.69, 9.17) is 20.8 Å². The summed E-state index contributed by atoms with van der Waals surface area (Å²) < 4.78 is 11.7. The van der Waals surface area contributed by atoms with Gasteiger partial charge in [-0.3, -0.25) is 4.79 Å². The van der Waals surface area contributed by atoms with E-state index in [1.54, 1.807) is 13.0 Å². The van der Waals surface area contributed by atoms with Gasteiger partial charge in [0, 0.05) is 12.1 Å². The summed E-state index contributed by atoms with van der Waals surface area (Å²) in [7, 11) is 4.06. The molecule has 0 amide bonds. The second-order valence-electron chi connectivity index (χ2n) is 6.32. The number of ether oxygens (including phenoxy) is 1. The van der Waals surface area contributed by atoms with Crippen molar-refractivity contribution in [3.05, 3.63) is 52.0 Å². The number of carbonyl (C=O) groups is 1. The molecule has 3 rings (SSSR count). The Hall–Kier alpha value is -2.15. The third-order valence-electron chi connectivity index (χ3n) is 3.81. The minimum Gasteiger partial charge on any atom is -0.466 e. The fourth-order valence-corrected chi connectivity index (χ4v) is 3.74. The Balaban J connectivity index is 1.94. The monoisotopic (exact) mass is 404 g/mol. The molecule has 0 saturated carbocycles. The van der Waals surface area contributed by atoms with E-state index in [0.29, 0.717) is 28.3 Å². The van der Waals surface area contributed by atoms with Crippen molar-refractivity contribution < 1.29 is 13.9 Å². The topological polar surface area (TPSA) is 55.6 Å². The Morgan fingerprint density at radius 1 is 1.22 bits per heavy atom. The summed E-state index contributed by atoms with van der Waals surface area (Å²) in [5.41, 5.74) is 2.61. The number of rotatable bonds is 7. The van der Waals surface area contributed by atoms with Gasteiger partial charge in [-0.2, -0.15) is 0 Å². The van der Waals surface area contributed by atoms with Gasteiger partial charge in [-0.25, -0.2) is 4.98 Å². The van der Waals surface area contributed by atoms with Crippen LogP contribution in [0.25, 0.3) is 22.1 Å². The van der Waals surface area contributed by atoms with Crippen molar-refractivity contribution in [1.29, 1.82) is 0 Å². The lowest BCUT2D eigenvalue weighted by molar-refractivity contribution is -0.142. The Bertz CT molecular complexity index is 916. The Kier molecular flexibility index (Phi) is 6.31. The van der Waals surface area contributed by atoms with Crippen molar-refractivity contribution in [3.8, 4) is 22.1 Å². The molecule has 27 heavy (non-hydrogen) atoms. The van der Waals surface area contributed by atoms with E-state index < -0.39 is 0 Å². The number of hydrogen-bond acceptors (Lipinski definition) is 6. The van der Waals surface area contributed by atoms with Crippen LogP contribution in [0.3, 0.4) is 0 Å². The van der Waals surface area contributed by atoms with Crippen LogP contribution in [0.2, 0.25) is 4.34 Å². The first-order valence-corrected chi connectivity index (χ1v) is 9.80. The number of thiophene rings is 1. The zero-order valence-electron chi connectivity index (χ0n) is 15.5. The van der Waals surface area contributed by atoms with Gasteiger partial charge >= 0.3 is 5.97 Å². The second-order valence-corrected chi connectivity index (χ2v) is 8.03. The Morgan fingerprint density at radius 3 is 2.56 bits per heavy atom. The predicted octanol–water partition coefficient (Wildman–Crippen LogP) is 4.89. The molecule has 7 heteroatoms.